The van der Waals surface area contributed by atoms with Crippen LogP contribution in [0.15, 0.2) is 29.3 Å². The SMILES string of the molecule is C=C(Br)C[C@H](NC(=O)Cc1cc(C(F)(F)F)cc(C(F)(F)F)c1)C(=O)O. The van der Waals surface area contributed by atoms with E-state index < -0.39 is 53.4 Å². The van der Waals surface area contributed by atoms with Gasteiger partial charge in [-0.3, -0.25) is 4.79 Å². The molecule has 4 nitrogen and oxygen atoms in total. The molecule has 26 heavy (non-hydrogen) atoms. The molecule has 144 valence electrons. The maximum Gasteiger partial charge on any atom is 0.416 e. The van der Waals surface area contributed by atoms with Crippen LogP contribution in [0.4, 0.5) is 26.3 Å². The molecule has 1 aromatic carbocycles. The number of benzene rings is 1. The normalized spacial score (nSPS) is 13.2. The standard InChI is InChI=1S/C15H12BrF6NO3/c1-7(16)2-11(13(25)26)23-12(24)5-8-3-9(14(17,18)19)6-10(4-8)15(20,21)22/h3-4,6,11H,1-2,5H2,(H,23,24)(H,25,26)/t11-/m0/s1. The summed E-state index contributed by atoms with van der Waals surface area (Å²) in [6.45, 7) is 3.40. The van der Waals surface area contributed by atoms with Crippen LogP contribution in [0, 0.1) is 0 Å². The van der Waals surface area contributed by atoms with Crippen LogP contribution in [0.5, 0.6) is 0 Å². The summed E-state index contributed by atoms with van der Waals surface area (Å²) < 4.78 is 76.9. The number of carboxylic acids is 1. The first-order chi connectivity index (χ1) is 11.7. The summed E-state index contributed by atoms with van der Waals surface area (Å²) in [5, 5.41) is 11.0. The van der Waals surface area contributed by atoms with Crippen molar-refractivity contribution in [2.24, 2.45) is 0 Å². The van der Waals surface area contributed by atoms with Crippen LogP contribution in [-0.4, -0.2) is 23.0 Å². The smallest absolute Gasteiger partial charge is 0.416 e. The van der Waals surface area contributed by atoms with Crippen molar-refractivity contribution < 1.29 is 41.0 Å². The lowest BCUT2D eigenvalue weighted by Crippen LogP contribution is -2.41. The summed E-state index contributed by atoms with van der Waals surface area (Å²) >= 11 is 2.90. The third kappa shape index (κ3) is 6.70. The van der Waals surface area contributed by atoms with E-state index in [0.717, 1.165) is 0 Å². The second kappa shape index (κ2) is 8.11. The fourth-order valence-electron chi connectivity index (χ4n) is 1.97. The summed E-state index contributed by atoms with van der Waals surface area (Å²) in [6, 6.07) is -0.666. The van der Waals surface area contributed by atoms with Gasteiger partial charge in [0.2, 0.25) is 5.91 Å². The van der Waals surface area contributed by atoms with Gasteiger partial charge in [-0.05, 0) is 28.2 Å². The van der Waals surface area contributed by atoms with Crippen LogP contribution in [0.1, 0.15) is 23.1 Å². The first-order valence-corrected chi connectivity index (χ1v) is 7.63. The third-order valence-corrected chi connectivity index (χ3v) is 3.39. The molecule has 0 saturated heterocycles. The van der Waals surface area contributed by atoms with E-state index in [-0.39, 0.29) is 17.0 Å². The number of alkyl halides is 6. The van der Waals surface area contributed by atoms with Gasteiger partial charge in [-0.1, -0.05) is 22.5 Å². The average Bonchev–Trinajstić information content (AvgIpc) is 2.43. The highest BCUT2D eigenvalue weighted by Crippen LogP contribution is 2.36. The zero-order valence-corrected chi connectivity index (χ0v) is 14.4. The molecule has 0 aliphatic carbocycles. The number of hydrogen-bond donors (Lipinski definition) is 2. The Bertz CT molecular complexity index is 682. The van der Waals surface area contributed by atoms with Crippen molar-refractivity contribution >= 4 is 27.8 Å². The molecule has 0 aliphatic heterocycles. The van der Waals surface area contributed by atoms with Crippen LogP contribution in [0.25, 0.3) is 0 Å². The van der Waals surface area contributed by atoms with Gasteiger partial charge in [-0.25, -0.2) is 4.79 Å². The molecule has 0 fully saturated rings. The van der Waals surface area contributed by atoms with Gasteiger partial charge in [-0.2, -0.15) is 26.3 Å². The van der Waals surface area contributed by atoms with Crippen molar-refractivity contribution in [1.82, 2.24) is 5.32 Å². The first kappa shape index (κ1) is 22.0. The van der Waals surface area contributed by atoms with E-state index in [4.69, 9.17) is 5.11 Å². The van der Waals surface area contributed by atoms with Gasteiger partial charge in [-0.15, -0.1) is 0 Å². The summed E-state index contributed by atoms with van der Waals surface area (Å²) in [5.74, 6) is -2.47. The van der Waals surface area contributed by atoms with Gasteiger partial charge < -0.3 is 10.4 Å². The fourth-order valence-corrected chi connectivity index (χ4v) is 2.30. The van der Waals surface area contributed by atoms with E-state index in [1.165, 1.54) is 0 Å². The zero-order valence-electron chi connectivity index (χ0n) is 12.8. The Labute approximate surface area is 152 Å². The molecule has 0 heterocycles. The molecule has 0 aromatic heterocycles. The molecule has 0 aliphatic rings. The minimum absolute atomic E-state index is 0.0592. The zero-order chi connectivity index (χ0) is 20.3. The number of amides is 1. The van der Waals surface area contributed by atoms with Crippen LogP contribution in [-0.2, 0) is 28.4 Å². The lowest BCUT2D eigenvalue weighted by atomic mass is 10.0. The topological polar surface area (TPSA) is 66.4 Å². The van der Waals surface area contributed by atoms with E-state index in [0.29, 0.717) is 12.1 Å². The molecule has 1 amide bonds. The number of halogens is 7. The number of carboxylic acid groups (broad SMARTS) is 1. The summed E-state index contributed by atoms with van der Waals surface area (Å²) in [6.07, 6.45) is -11.1. The van der Waals surface area contributed by atoms with E-state index >= 15 is 0 Å². The van der Waals surface area contributed by atoms with Gasteiger partial charge in [0.15, 0.2) is 0 Å². The van der Waals surface area contributed by atoms with Crippen molar-refractivity contribution in [3.8, 4) is 0 Å². The minimum Gasteiger partial charge on any atom is -0.480 e. The molecule has 1 aromatic rings. The average molecular weight is 448 g/mol. The highest BCUT2D eigenvalue weighted by Gasteiger charge is 2.37. The Morgan fingerprint density at radius 1 is 1.08 bits per heavy atom. The maximum atomic E-state index is 12.8. The molecule has 0 radical (unpaired) electrons. The number of hydrogen-bond acceptors (Lipinski definition) is 2. The van der Waals surface area contributed by atoms with Gasteiger partial charge in [0.05, 0.1) is 17.5 Å². The molecule has 0 spiro atoms. The Morgan fingerprint density at radius 2 is 1.54 bits per heavy atom. The molecule has 11 heteroatoms. The summed E-state index contributed by atoms with van der Waals surface area (Å²) in [4.78, 5) is 22.9. The number of carbonyl (C=O) groups is 2. The molecule has 0 saturated carbocycles. The fraction of sp³-hybridized carbons (Fsp3) is 0.333. The van der Waals surface area contributed by atoms with E-state index in [1.54, 1.807) is 0 Å². The Morgan fingerprint density at radius 3 is 1.88 bits per heavy atom. The predicted molar refractivity (Wildman–Crippen MR) is 82.4 cm³/mol. The molecule has 2 N–H and O–H groups in total. The van der Waals surface area contributed by atoms with Crippen LogP contribution >= 0.6 is 15.9 Å². The molecular weight excluding hydrogens is 436 g/mol. The van der Waals surface area contributed by atoms with Crippen molar-refractivity contribution in [2.45, 2.75) is 31.2 Å². The lowest BCUT2D eigenvalue weighted by Gasteiger charge is -2.16. The Hall–Kier alpha value is -2.04. The monoisotopic (exact) mass is 447 g/mol. The second-order valence-corrected chi connectivity index (χ2v) is 6.39. The third-order valence-electron chi connectivity index (χ3n) is 3.07. The lowest BCUT2D eigenvalue weighted by molar-refractivity contribution is -0.143. The number of rotatable bonds is 6. The van der Waals surface area contributed by atoms with Gasteiger partial charge in [0.25, 0.3) is 0 Å². The predicted octanol–water partition coefficient (Wildman–Crippen LogP) is 4.13. The van der Waals surface area contributed by atoms with Gasteiger partial charge >= 0.3 is 18.3 Å². The van der Waals surface area contributed by atoms with Gasteiger partial charge in [0, 0.05) is 6.42 Å². The van der Waals surface area contributed by atoms with E-state index in [2.05, 4.69) is 22.5 Å². The highest BCUT2D eigenvalue weighted by atomic mass is 79.9. The minimum atomic E-state index is -5.04. The maximum absolute atomic E-state index is 12.8. The van der Waals surface area contributed by atoms with Gasteiger partial charge in [0.1, 0.15) is 6.04 Å². The van der Waals surface area contributed by atoms with Crippen molar-refractivity contribution in [1.29, 1.82) is 0 Å². The Balaban J connectivity index is 3.09. The van der Waals surface area contributed by atoms with E-state index in [1.807, 2.05) is 5.32 Å². The molecule has 1 rings (SSSR count). The summed E-state index contributed by atoms with van der Waals surface area (Å²) in [7, 11) is 0. The van der Waals surface area contributed by atoms with Crippen molar-refractivity contribution in [3.63, 3.8) is 0 Å². The second-order valence-electron chi connectivity index (χ2n) is 5.27. The molecule has 0 bridgehead atoms. The number of carbonyl (C=O) groups excluding carboxylic acids is 1. The van der Waals surface area contributed by atoms with Crippen LogP contribution in [0.3, 0.4) is 0 Å². The number of aliphatic carboxylic acids is 1. The molecule has 0 unspecified atom stereocenters. The van der Waals surface area contributed by atoms with Crippen LogP contribution in [0.2, 0.25) is 0 Å². The number of nitrogens with one attached hydrogen (secondary N) is 1. The van der Waals surface area contributed by atoms with Crippen LogP contribution < -0.4 is 5.32 Å². The van der Waals surface area contributed by atoms with E-state index in [9.17, 15) is 35.9 Å². The quantitative estimate of drug-likeness (QED) is 0.644. The molecular formula is C15H12BrF6NO3. The summed E-state index contributed by atoms with van der Waals surface area (Å²) in [5.41, 5.74) is -3.66. The molecule has 1 atom stereocenters. The first-order valence-electron chi connectivity index (χ1n) is 6.84. The highest BCUT2D eigenvalue weighted by molar-refractivity contribution is 9.11. The Kier molecular flexibility index (Phi) is 6.86. The largest absolute Gasteiger partial charge is 0.480 e. The van der Waals surface area contributed by atoms with Crippen molar-refractivity contribution in [2.75, 3.05) is 0 Å². The van der Waals surface area contributed by atoms with Crippen molar-refractivity contribution in [3.05, 3.63) is 46.0 Å².